The SMILES string of the molecule is Cc1cc(C)c(NC(=O)C(C)Oc2c(-c3ccc(Cl)cc3)oc3cc(C)c(Cl)cc3c2=O)c(C)c1. The Labute approximate surface area is 213 Å². The fraction of sp³-hybridized carbons (Fsp3) is 0.214. The van der Waals surface area contributed by atoms with Gasteiger partial charge in [-0.15, -0.1) is 0 Å². The fourth-order valence-corrected chi connectivity index (χ4v) is 4.32. The zero-order valence-electron chi connectivity index (χ0n) is 20.1. The second kappa shape index (κ2) is 9.76. The van der Waals surface area contributed by atoms with Crippen LogP contribution in [0.15, 0.2) is 57.7 Å². The third kappa shape index (κ3) is 5.07. The van der Waals surface area contributed by atoms with Gasteiger partial charge < -0.3 is 14.5 Å². The number of fused-ring (bicyclic) bond motifs is 1. The molecule has 0 radical (unpaired) electrons. The van der Waals surface area contributed by atoms with E-state index in [9.17, 15) is 9.59 Å². The first-order valence-electron chi connectivity index (χ1n) is 11.1. The zero-order valence-corrected chi connectivity index (χ0v) is 21.6. The molecule has 4 rings (SSSR count). The van der Waals surface area contributed by atoms with Crippen molar-refractivity contribution >= 4 is 45.8 Å². The average Bonchev–Trinajstić information content (AvgIpc) is 2.79. The van der Waals surface area contributed by atoms with E-state index in [0.717, 1.165) is 27.9 Å². The topological polar surface area (TPSA) is 68.5 Å². The van der Waals surface area contributed by atoms with Crippen molar-refractivity contribution < 1.29 is 13.9 Å². The number of hydrogen-bond donors (Lipinski definition) is 1. The van der Waals surface area contributed by atoms with Gasteiger partial charge in [0.1, 0.15) is 5.58 Å². The highest BCUT2D eigenvalue weighted by Gasteiger charge is 2.24. The molecule has 1 amide bonds. The first-order chi connectivity index (χ1) is 16.5. The van der Waals surface area contributed by atoms with Crippen LogP contribution in [0.1, 0.15) is 29.2 Å². The van der Waals surface area contributed by atoms with Gasteiger partial charge in [-0.3, -0.25) is 9.59 Å². The number of carbonyl (C=O) groups is 1. The van der Waals surface area contributed by atoms with E-state index in [-0.39, 0.29) is 22.8 Å². The molecule has 0 fully saturated rings. The zero-order chi connectivity index (χ0) is 25.4. The molecule has 1 N–H and O–H groups in total. The molecule has 0 saturated carbocycles. The van der Waals surface area contributed by atoms with Crippen molar-refractivity contribution in [1.82, 2.24) is 0 Å². The van der Waals surface area contributed by atoms with E-state index in [1.165, 1.54) is 0 Å². The molecule has 0 aliphatic carbocycles. The first kappa shape index (κ1) is 24.8. The van der Waals surface area contributed by atoms with Crippen LogP contribution >= 0.6 is 23.2 Å². The van der Waals surface area contributed by atoms with E-state index in [2.05, 4.69) is 5.32 Å². The van der Waals surface area contributed by atoms with Crippen LogP contribution < -0.4 is 15.5 Å². The van der Waals surface area contributed by atoms with Gasteiger partial charge in [0.2, 0.25) is 11.2 Å². The smallest absolute Gasteiger partial charge is 0.265 e. The van der Waals surface area contributed by atoms with Crippen molar-refractivity contribution in [3.05, 3.63) is 91.1 Å². The molecule has 5 nitrogen and oxygen atoms in total. The van der Waals surface area contributed by atoms with Crippen LogP contribution in [-0.4, -0.2) is 12.0 Å². The van der Waals surface area contributed by atoms with E-state index < -0.39 is 11.5 Å². The summed E-state index contributed by atoms with van der Waals surface area (Å²) >= 11 is 12.3. The van der Waals surface area contributed by atoms with Gasteiger partial charge >= 0.3 is 0 Å². The largest absolute Gasteiger partial charge is 0.473 e. The number of nitrogens with one attached hydrogen (secondary N) is 1. The van der Waals surface area contributed by atoms with Crippen LogP contribution in [-0.2, 0) is 4.79 Å². The van der Waals surface area contributed by atoms with Crippen LogP contribution in [0.4, 0.5) is 5.69 Å². The van der Waals surface area contributed by atoms with E-state index in [1.54, 1.807) is 43.3 Å². The molecule has 1 heterocycles. The number of anilines is 1. The van der Waals surface area contributed by atoms with Crippen LogP contribution in [0.3, 0.4) is 0 Å². The molecule has 4 aromatic rings. The van der Waals surface area contributed by atoms with Gasteiger partial charge in [0, 0.05) is 21.3 Å². The van der Waals surface area contributed by atoms with Gasteiger partial charge in [0.25, 0.3) is 5.91 Å². The molecule has 7 heteroatoms. The summed E-state index contributed by atoms with van der Waals surface area (Å²) in [5.74, 6) is -0.244. The molecular formula is C28H25Cl2NO4. The molecule has 0 saturated heterocycles. The second-order valence-corrected chi connectivity index (χ2v) is 9.56. The Morgan fingerprint density at radius 1 is 0.943 bits per heavy atom. The Kier molecular flexibility index (Phi) is 6.93. The maximum absolute atomic E-state index is 13.5. The lowest BCUT2D eigenvalue weighted by molar-refractivity contribution is -0.122. The van der Waals surface area contributed by atoms with Gasteiger partial charge in [0.05, 0.1) is 5.39 Å². The maximum Gasteiger partial charge on any atom is 0.265 e. The van der Waals surface area contributed by atoms with Crippen LogP contribution in [0, 0.1) is 27.7 Å². The normalized spacial score (nSPS) is 12.0. The predicted molar refractivity (Wildman–Crippen MR) is 142 cm³/mol. The molecule has 0 aliphatic rings. The Hall–Kier alpha value is -3.28. The molecule has 1 atom stereocenters. The van der Waals surface area contributed by atoms with Crippen molar-refractivity contribution in [1.29, 1.82) is 0 Å². The Morgan fingerprint density at radius 3 is 2.20 bits per heavy atom. The maximum atomic E-state index is 13.5. The first-order valence-corrected chi connectivity index (χ1v) is 11.9. The highest BCUT2D eigenvalue weighted by atomic mass is 35.5. The Balaban J connectivity index is 1.77. The third-order valence-corrected chi connectivity index (χ3v) is 6.48. The summed E-state index contributed by atoms with van der Waals surface area (Å²) in [6.07, 6.45) is -0.984. The summed E-state index contributed by atoms with van der Waals surface area (Å²) < 4.78 is 12.1. The summed E-state index contributed by atoms with van der Waals surface area (Å²) in [6.45, 7) is 9.29. The summed E-state index contributed by atoms with van der Waals surface area (Å²) in [6, 6.07) is 14.1. The van der Waals surface area contributed by atoms with Crippen LogP contribution in [0.2, 0.25) is 10.0 Å². The summed E-state index contributed by atoms with van der Waals surface area (Å²) in [4.78, 5) is 26.6. The van der Waals surface area contributed by atoms with Gasteiger partial charge in [-0.25, -0.2) is 0 Å². The Bertz CT molecular complexity index is 1480. The number of hydrogen-bond acceptors (Lipinski definition) is 4. The van der Waals surface area contributed by atoms with Gasteiger partial charge in [0.15, 0.2) is 11.9 Å². The number of amides is 1. The van der Waals surface area contributed by atoms with Gasteiger partial charge in [-0.05, 0) is 87.7 Å². The van der Waals surface area contributed by atoms with Gasteiger partial charge in [-0.1, -0.05) is 40.9 Å². The van der Waals surface area contributed by atoms with Crippen molar-refractivity contribution in [2.75, 3.05) is 5.32 Å². The number of carbonyl (C=O) groups excluding carboxylic acids is 1. The van der Waals surface area contributed by atoms with E-state index >= 15 is 0 Å². The highest BCUT2D eigenvalue weighted by molar-refractivity contribution is 6.32. The molecule has 0 spiro atoms. The summed E-state index contributed by atoms with van der Waals surface area (Å²) in [5.41, 5.74) is 5.04. The third-order valence-electron chi connectivity index (χ3n) is 5.83. The predicted octanol–water partition coefficient (Wildman–Crippen LogP) is 7.41. The Morgan fingerprint density at radius 2 is 1.57 bits per heavy atom. The fourth-order valence-electron chi connectivity index (χ4n) is 4.03. The minimum absolute atomic E-state index is 0.0697. The number of halogens is 2. The van der Waals surface area contributed by atoms with Gasteiger partial charge in [-0.2, -0.15) is 0 Å². The number of aryl methyl sites for hydroxylation is 4. The van der Waals surface area contributed by atoms with Crippen molar-refractivity contribution in [3.8, 4) is 17.1 Å². The quantitative estimate of drug-likeness (QED) is 0.304. The number of benzene rings is 3. The van der Waals surface area contributed by atoms with Crippen molar-refractivity contribution in [3.63, 3.8) is 0 Å². The lowest BCUT2D eigenvalue weighted by Gasteiger charge is -2.19. The summed E-state index contributed by atoms with van der Waals surface area (Å²) in [7, 11) is 0. The van der Waals surface area contributed by atoms with E-state index in [4.69, 9.17) is 32.4 Å². The second-order valence-electron chi connectivity index (χ2n) is 8.72. The average molecular weight is 510 g/mol. The standard InChI is InChI=1S/C28H25Cl2NO4/c1-14-10-16(3)24(17(4)11-14)31-28(33)18(5)34-27-25(32)21-13-22(30)15(2)12-23(21)35-26(27)19-6-8-20(29)9-7-19/h6-13,18H,1-5H3,(H,31,33). The molecule has 1 aromatic heterocycles. The lowest BCUT2D eigenvalue weighted by atomic mass is 10.0. The minimum atomic E-state index is -0.984. The van der Waals surface area contributed by atoms with E-state index in [1.807, 2.05) is 39.8 Å². The monoisotopic (exact) mass is 509 g/mol. The molecule has 35 heavy (non-hydrogen) atoms. The molecule has 1 unspecified atom stereocenters. The minimum Gasteiger partial charge on any atom is -0.473 e. The molecular weight excluding hydrogens is 485 g/mol. The van der Waals surface area contributed by atoms with E-state index in [0.29, 0.717) is 21.2 Å². The highest BCUT2D eigenvalue weighted by Crippen LogP contribution is 2.34. The lowest BCUT2D eigenvalue weighted by Crippen LogP contribution is -2.32. The molecule has 0 bridgehead atoms. The van der Waals surface area contributed by atoms with Crippen molar-refractivity contribution in [2.45, 2.75) is 40.7 Å². The number of rotatable bonds is 5. The van der Waals surface area contributed by atoms with Crippen molar-refractivity contribution in [2.24, 2.45) is 0 Å². The number of ether oxygens (including phenoxy) is 1. The molecule has 180 valence electrons. The van der Waals surface area contributed by atoms with Crippen LogP contribution in [0.25, 0.3) is 22.3 Å². The molecule has 0 aliphatic heterocycles. The van der Waals surface area contributed by atoms with Crippen LogP contribution in [0.5, 0.6) is 5.75 Å². The summed E-state index contributed by atoms with van der Waals surface area (Å²) in [5, 5.41) is 4.18. The molecule has 3 aromatic carbocycles.